The highest BCUT2D eigenvalue weighted by Crippen LogP contribution is 2.58. The van der Waals surface area contributed by atoms with E-state index in [-0.39, 0.29) is 6.10 Å². The largest absolute Gasteiger partial charge is 0.393 e. The van der Waals surface area contributed by atoms with Gasteiger partial charge in [-0.2, -0.15) is 0 Å². The van der Waals surface area contributed by atoms with E-state index in [4.69, 9.17) is 0 Å². The molecule has 0 heterocycles. The summed E-state index contributed by atoms with van der Waals surface area (Å²) in [6.45, 7) is 14.2. The van der Waals surface area contributed by atoms with Crippen molar-refractivity contribution in [2.24, 2.45) is 35.0 Å². The van der Waals surface area contributed by atoms with E-state index in [1.165, 1.54) is 36.8 Å². The highest BCUT2D eigenvalue weighted by molar-refractivity contribution is 5.36. The molecule has 0 spiro atoms. The van der Waals surface area contributed by atoms with Crippen molar-refractivity contribution in [3.63, 3.8) is 0 Å². The summed E-state index contributed by atoms with van der Waals surface area (Å²) >= 11 is 0. The van der Waals surface area contributed by atoms with E-state index in [0.29, 0.717) is 23.2 Å². The molecule has 5 unspecified atom stereocenters. The van der Waals surface area contributed by atoms with Crippen LogP contribution in [0, 0.1) is 35.0 Å². The molecule has 0 amide bonds. The van der Waals surface area contributed by atoms with E-state index >= 15 is 0 Å². The number of hydrogen-bond donors (Lipinski definition) is 1. The van der Waals surface area contributed by atoms with Crippen LogP contribution in [0.2, 0.25) is 0 Å². The number of fused-ring (bicyclic) bond motifs is 1. The van der Waals surface area contributed by atoms with Crippen LogP contribution in [0.1, 0.15) is 86.5 Å². The molecule has 3 aliphatic carbocycles. The fourth-order valence-electron chi connectivity index (χ4n) is 6.10. The van der Waals surface area contributed by atoms with Gasteiger partial charge in [0, 0.05) is 0 Å². The predicted molar refractivity (Wildman–Crippen MR) is 126 cm³/mol. The Kier molecular flexibility index (Phi) is 7.31. The van der Waals surface area contributed by atoms with Gasteiger partial charge in [0.1, 0.15) is 0 Å². The van der Waals surface area contributed by atoms with E-state index in [0.717, 1.165) is 31.1 Å². The standard InChI is InChI=1S/C28H44O/c1-19(2)20(3)9-10-22(5)26-15-16-27-23(8-7-17-28(26,27)6)12-13-24-18-25(29)14-11-21(24)4/h8-10,12-13,19-20,22,25-27,29H,7,11,14-18H2,1-6H3/b10-9+,13-12+/t20?,22?,25-,26?,27?,28?/m1/s1. The molecular formula is C28H44O. The number of allylic oxidation sites excluding steroid dienone is 7. The van der Waals surface area contributed by atoms with Crippen LogP contribution < -0.4 is 0 Å². The Balaban J connectivity index is 1.73. The molecule has 3 aliphatic rings. The highest BCUT2D eigenvalue weighted by atomic mass is 16.3. The van der Waals surface area contributed by atoms with Crippen molar-refractivity contribution in [3.05, 3.63) is 47.1 Å². The van der Waals surface area contributed by atoms with Gasteiger partial charge in [-0.25, -0.2) is 0 Å². The van der Waals surface area contributed by atoms with Gasteiger partial charge in [0.05, 0.1) is 6.10 Å². The molecule has 162 valence electrons. The Labute approximate surface area is 180 Å². The zero-order valence-electron chi connectivity index (χ0n) is 19.7. The van der Waals surface area contributed by atoms with E-state index < -0.39 is 0 Å². The minimum atomic E-state index is -0.152. The average molecular weight is 397 g/mol. The van der Waals surface area contributed by atoms with Crippen LogP contribution in [0.4, 0.5) is 0 Å². The van der Waals surface area contributed by atoms with Gasteiger partial charge in [-0.05, 0) is 98.0 Å². The molecule has 0 aliphatic heterocycles. The topological polar surface area (TPSA) is 20.2 Å². The quantitative estimate of drug-likeness (QED) is 0.457. The van der Waals surface area contributed by atoms with Gasteiger partial charge in [0.2, 0.25) is 0 Å². The molecule has 1 heteroatoms. The first-order valence-electron chi connectivity index (χ1n) is 12.2. The number of hydrogen-bond acceptors (Lipinski definition) is 1. The second-order valence-electron chi connectivity index (χ2n) is 10.9. The third-order valence-corrected chi connectivity index (χ3v) is 8.61. The van der Waals surface area contributed by atoms with E-state index in [1.54, 1.807) is 5.57 Å². The summed E-state index contributed by atoms with van der Waals surface area (Å²) in [6.07, 6.45) is 20.1. The van der Waals surface area contributed by atoms with Crippen LogP contribution >= 0.6 is 0 Å². The van der Waals surface area contributed by atoms with Crippen molar-refractivity contribution in [2.45, 2.75) is 92.6 Å². The SMILES string of the molecule is CC1=C(/C=C/C2=CCCC3(C)C2CCC3C(C)/C=C/C(C)C(C)C)C[C@H](O)CC1. The van der Waals surface area contributed by atoms with Gasteiger partial charge in [-0.3, -0.25) is 0 Å². The van der Waals surface area contributed by atoms with Crippen LogP contribution in [-0.4, -0.2) is 11.2 Å². The minimum absolute atomic E-state index is 0.152. The first kappa shape index (κ1) is 22.6. The van der Waals surface area contributed by atoms with Gasteiger partial charge >= 0.3 is 0 Å². The zero-order valence-corrected chi connectivity index (χ0v) is 19.7. The lowest BCUT2D eigenvalue weighted by atomic mass is 9.62. The molecule has 1 nitrogen and oxygen atoms in total. The molecule has 29 heavy (non-hydrogen) atoms. The zero-order chi connectivity index (χ0) is 21.2. The van der Waals surface area contributed by atoms with Crippen LogP contribution in [-0.2, 0) is 0 Å². The third-order valence-electron chi connectivity index (χ3n) is 8.61. The van der Waals surface area contributed by atoms with Crippen LogP contribution in [0.15, 0.2) is 47.1 Å². The van der Waals surface area contributed by atoms with Crippen molar-refractivity contribution in [1.82, 2.24) is 0 Å². The van der Waals surface area contributed by atoms with E-state index in [2.05, 4.69) is 71.9 Å². The van der Waals surface area contributed by atoms with Gasteiger partial charge in [-0.15, -0.1) is 0 Å². The summed E-state index contributed by atoms with van der Waals surface area (Å²) in [7, 11) is 0. The van der Waals surface area contributed by atoms with E-state index in [9.17, 15) is 5.11 Å². The first-order valence-corrected chi connectivity index (χ1v) is 12.2. The fraction of sp³-hybridized carbons (Fsp3) is 0.714. The smallest absolute Gasteiger partial charge is 0.0583 e. The molecule has 1 fully saturated rings. The lowest BCUT2D eigenvalue weighted by Crippen LogP contribution is -2.34. The number of rotatable bonds is 6. The van der Waals surface area contributed by atoms with Gasteiger partial charge < -0.3 is 5.11 Å². The summed E-state index contributed by atoms with van der Waals surface area (Å²) in [5, 5.41) is 10.1. The maximum Gasteiger partial charge on any atom is 0.0583 e. The molecular weight excluding hydrogens is 352 g/mol. The summed E-state index contributed by atoms with van der Waals surface area (Å²) in [6, 6.07) is 0. The summed E-state index contributed by atoms with van der Waals surface area (Å²) in [5.74, 6) is 3.53. The average Bonchev–Trinajstić information content (AvgIpc) is 3.04. The second-order valence-corrected chi connectivity index (χ2v) is 10.9. The van der Waals surface area contributed by atoms with Gasteiger partial charge in [0.25, 0.3) is 0 Å². The van der Waals surface area contributed by atoms with Crippen LogP contribution in [0.25, 0.3) is 0 Å². The maximum absolute atomic E-state index is 10.1. The Bertz CT molecular complexity index is 691. The van der Waals surface area contributed by atoms with Gasteiger partial charge in [-0.1, -0.05) is 70.6 Å². The molecule has 1 saturated carbocycles. The normalized spacial score (nSPS) is 35.4. The lowest BCUT2D eigenvalue weighted by molar-refractivity contribution is 0.129. The lowest BCUT2D eigenvalue weighted by Gasteiger charge is -2.42. The first-order chi connectivity index (χ1) is 13.7. The van der Waals surface area contributed by atoms with Crippen molar-refractivity contribution < 1.29 is 5.11 Å². The molecule has 1 N–H and O–H groups in total. The predicted octanol–water partition coefficient (Wildman–Crippen LogP) is 7.64. The van der Waals surface area contributed by atoms with Crippen LogP contribution in [0.5, 0.6) is 0 Å². The molecule has 3 rings (SSSR count). The summed E-state index contributed by atoms with van der Waals surface area (Å²) in [5.41, 5.74) is 4.82. The third kappa shape index (κ3) is 4.98. The number of aliphatic hydroxyl groups is 1. The Hall–Kier alpha value is -1.08. The number of aliphatic hydroxyl groups excluding tert-OH is 1. The van der Waals surface area contributed by atoms with Gasteiger partial charge in [0.15, 0.2) is 0 Å². The molecule has 6 atom stereocenters. The molecule has 0 aromatic heterocycles. The molecule has 0 aromatic rings. The van der Waals surface area contributed by atoms with Crippen molar-refractivity contribution in [3.8, 4) is 0 Å². The molecule has 0 radical (unpaired) electrons. The summed E-state index contributed by atoms with van der Waals surface area (Å²) in [4.78, 5) is 0. The monoisotopic (exact) mass is 396 g/mol. The molecule has 0 bridgehead atoms. The minimum Gasteiger partial charge on any atom is -0.393 e. The van der Waals surface area contributed by atoms with Crippen molar-refractivity contribution >= 4 is 0 Å². The Morgan fingerprint density at radius 3 is 2.55 bits per heavy atom. The van der Waals surface area contributed by atoms with Crippen molar-refractivity contribution in [1.29, 1.82) is 0 Å². The molecule has 0 saturated heterocycles. The van der Waals surface area contributed by atoms with E-state index in [1.807, 2.05) is 0 Å². The Morgan fingerprint density at radius 2 is 1.83 bits per heavy atom. The van der Waals surface area contributed by atoms with Crippen molar-refractivity contribution in [2.75, 3.05) is 0 Å². The maximum atomic E-state index is 10.1. The Morgan fingerprint density at radius 1 is 1.07 bits per heavy atom. The molecule has 0 aromatic carbocycles. The highest BCUT2D eigenvalue weighted by Gasteiger charge is 2.49. The van der Waals surface area contributed by atoms with Crippen LogP contribution in [0.3, 0.4) is 0 Å². The fourth-order valence-corrected chi connectivity index (χ4v) is 6.10. The summed E-state index contributed by atoms with van der Waals surface area (Å²) < 4.78 is 0. The second kappa shape index (κ2) is 9.38.